The molecular formula is C18H21NO5S2. The molecule has 0 aliphatic carbocycles. The molecule has 2 aromatic carbocycles. The molecular weight excluding hydrogens is 374 g/mol. The molecule has 3 rings (SSSR count). The van der Waals surface area contributed by atoms with Gasteiger partial charge in [-0.25, -0.2) is 8.42 Å². The van der Waals surface area contributed by atoms with E-state index in [4.69, 9.17) is 14.2 Å². The summed E-state index contributed by atoms with van der Waals surface area (Å²) in [6.07, 6.45) is 0. The average Bonchev–Trinajstić information content (AvgIpc) is 3.18. The quantitative estimate of drug-likeness (QED) is 0.749. The maximum absolute atomic E-state index is 13.1. The van der Waals surface area contributed by atoms with Crippen molar-refractivity contribution < 1.29 is 22.6 Å². The maximum atomic E-state index is 13.1. The number of thioether (sulfide) groups is 1. The maximum Gasteiger partial charge on any atom is 0.244 e. The zero-order valence-electron chi connectivity index (χ0n) is 14.8. The number of sulfonamides is 1. The Morgan fingerprint density at radius 2 is 1.62 bits per heavy atom. The highest BCUT2D eigenvalue weighted by molar-refractivity contribution is 8.01. The number of nitrogens with zero attached hydrogens (tertiary/aromatic N) is 1. The van der Waals surface area contributed by atoms with Crippen molar-refractivity contribution in [2.75, 3.05) is 33.6 Å². The van der Waals surface area contributed by atoms with Crippen LogP contribution in [0.5, 0.6) is 17.2 Å². The lowest BCUT2D eigenvalue weighted by Gasteiger charge is -2.25. The fraction of sp³-hybridized carbons (Fsp3) is 0.333. The number of methoxy groups -OCH3 is 3. The van der Waals surface area contributed by atoms with E-state index in [1.807, 2.05) is 12.1 Å². The Morgan fingerprint density at radius 3 is 2.23 bits per heavy atom. The smallest absolute Gasteiger partial charge is 0.244 e. The number of ether oxygens (including phenoxy) is 3. The number of hydrogen-bond acceptors (Lipinski definition) is 6. The van der Waals surface area contributed by atoms with Crippen LogP contribution in [0.1, 0.15) is 10.9 Å². The molecule has 1 heterocycles. The van der Waals surface area contributed by atoms with Crippen molar-refractivity contribution in [1.29, 1.82) is 0 Å². The second kappa shape index (κ2) is 7.77. The van der Waals surface area contributed by atoms with Crippen LogP contribution in [0, 0.1) is 0 Å². The molecule has 0 saturated carbocycles. The van der Waals surface area contributed by atoms with Gasteiger partial charge in [-0.1, -0.05) is 0 Å². The summed E-state index contributed by atoms with van der Waals surface area (Å²) in [5.74, 6) is 2.61. The minimum absolute atomic E-state index is 0.248. The first-order valence-electron chi connectivity index (χ1n) is 8.00. The summed E-state index contributed by atoms with van der Waals surface area (Å²) < 4.78 is 43.6. The SMILES string of the molecule is COc1ccc(S(=O)(=O)N2CCSC2c2ccc(OC)cc2OC)cc1. The topological polar surface area (TPSA) is 65.1 Å². The second-order valence-electron chi connectivity index (χ2n) is 5.62. The summed E-state index contributed by atoms with van der Waals surface area (Å²) in [7, 11) is 1.07. The van der Waals surface area contributed by atoms with Crippen molar-refractivity contribution in [2.45, 2.75) is 10.3 Å². The summed E-state index contributed by atoms with van der Waals surface area (Å²) in [5.41, 5.74) is 0.813. The van der Waals surface area contributed by atoms with Crippen molar-refractivity contribution >= 4 is 21.8 Å². The lowest BCUT2D eigenvalue weighted by molar-refractivity contribution is 0.379. The molecule has 140 valence electrons. The number of rotatable bonds is 6. The van der Waals surface area contributed by atoms with Crippen LogP contribution >= 0.6 is 11.8 Å². The molecule has 0 bridgehead atoms. The third kappa shape index (κ3) is 3.49. The van der Waals surface area contributed by atoms with Crippen molar-refractivity contribution in [3.63, 3.8) is 0 Å². The Balaban J connectivity index is 1.97. The fourth-order valence-corrected chi connectivity index (χ4v) is 6.11. The first-order valence-corrected chi connectivity index (χ1v) is 10.5. The van der Waals surface area contributed by atoms with E-state index in [2.05, 4.69) is 0 Å². The van der Waals surface area contributed by atoms with E-state index in [-0.39, 0.29) is 10.3 Å². The lowest BCUT2D eigenvalue weighted by atomic mass is 10.2. The molecule has 0 radical (unpaired) electrons. The predicted octanol–water partition coefficient (Wildman–Crippen LogP) is 3.15. The van der Waals surface area contributed by atoms with Gasteiger partial charge in [0.15, 0.2) is 0 Å². The number of benzene rings is 2. The third-order valence-electron chi connectivity index (χ3n) is 4.22. The summed E-state index contributed by atoms with van der Waals surface area (Å²) in [6, 6.07) is 11.9. The average molecular weight is 396 g/mol. The van der Waals surface area contributed by atoms with Gasteiger partial charge in [0.25, 0.3) is 0 Å². The van der Waals surface area contributed by atoms with E-state index in [0.717, 1.165) is 11.3 Å². The van der Waals surface area contributed by atoms with Crippen LogP contribution in [0.2, 0.25) is 0 Å². The van der Waals surface area contributed by atoms with Crippen LogP contribution in [0.15, 0.2) is 47.4 Å². The Hall–Kier alpha value is -1.90. The van der Waals surface area contributed by atoms with Gasteiger partial charge in [0, 0.05) is 23.9 Å². The van der Waals surface area contributed by atoms with Gasteiger partial charge in [-0.15, -0.1) is 11.8 Å². The molecule has 1 saturated heterocycles. The van der Waals surface area contributed by atoms with E-state index < -0.39 is 10.0 Å². The fourth-order valence-electron chi connectivity index (χ4n) is 2.85. The zero-order chi connectivity index (χ0) is 18.7. The molecule has 1 atom stereocenters. The Bertz CT molecular complexity index is 868. The standard InChI is InChI=1S/C18H21NO5S2/c1-22-13-4-7-15(8-5-13)26(20,21)19-10-11-25-18(19)16-9-6-14(23-2)12-17(16)24-3/h4-9,12,18H,10-11H2,1-3H3. The summed E-state index contributed by atoms with van der Waals surface area (Å²) >= 11 is 1.58. The van der Waals surface area contributed by atoms with E-state index in [9.17, 15) is 8.42 Å². The molecule has 0 N–H and O–H groups in total. The molecule has 0 spiro atoms. The molecule has 1 aliphatic heterocycles. The van der Waals surface area contributed by atoms with Crippen molar-refractivity contribution in [3.8, 4) is 17.2 Å². The van der Waals surface area contributed by atoms with Gasteiger partial charge >= 0.3 is 0 Å². The van der Waals surface area contributed by atoms with Crippen molar-refractivity contribution in [2.24, 2.45) is 0 Å². The van der Waals surface area contributed by atoms with E-state index in [1.165, 1.54) is 4.31 Å². The van der Waals surface area contributed by atoms with E-state index in [1.54, 1.807) is 63.4 Å². The molecule has 6 nitrogen and oxygen atoms in total. The van der Waals surface area contributed by atoms with Gasteiger partial charge in [-0.05, 0) is 36.4 Å². The minimum atomic E-state index is -3.63. The molecule has 2 aromatic rings. The van der Waals surface area contributed by atoms with E-state index in [0.29, 0.717) is 23.8 Å². The van der Waals surface area contributed by atoms with E-state index >= 15 is 0 Å². The summed E-state index contributed by atoms with van der Waals surface area (Å²) in [4.78, 5) is 0.248. The molecule has 0 aromatic heterocycles. The molecule has 1 unspecified atom stereocenters. The monoisotopic (exact) mass is 395 g/mol. The Labute approximate surface area is 158 Å². The van der Waals surface area contributed by atoms with Crippen LogP contribution in [0.4, 0.5) is 0 Å². The van der Waals surface area contributed by atoms with Crippen molar-refractivity contribution in [1.82, 2.24) is 4.31 Å². The molecule has 8 heteroatoms. The first-order chi connectivity index (χ1) is 12.5. The normalized spacial score (nSPS) is 17.9. The second-order valence-corrected chi connectivity index (χ2v) is 8.70. The summed E-state index contributed by atoms with van der Waals surface area (Å²) in [5, 5.41) is -0.344. The number of hydrogen-bond donors (Lipinski definition) is 0. The minimum Gasteiger partial charge on any atom is -0.497 e. The highest BCUT2D eigenvalue weighted by Gasteiger charge is 2.38. The highest BCUT2D eigenvalue weighted by atomic mass is 32.2. The highest BCUT2D eigenvalue weighted by Crippen LogP contribution is 2.45. The van der Waals surface area contributed by atoms with Gasteiger partial charge in [0.05, 0.1) is 31.6 Å². The van der Waals surface area contributed by atoms with Crippen molar-refractivity contribution in [3.05, 3.63) is 48.0 Å². The largest absolute Gasteiger partial charge is 0.497 e. The van der Waals surface area contributed by atoms with Gasteiger partial charge < -0.3 is 14.2 Å². The third-order valence-corrected chi connectivity index (χ3v) is 7.48. The Morgan fingerprint density at radius 1 is 0.962 bits per heavy atom. The van der Waals surface area contributed by atoms with Crippen LogP contribution in [0.25, 0.3) is 0 Å². The first kappa shape index (κ1) is 18.9. The van der Waals surface area contributed by atoms with Gasteiger partial charge in [-0.2, -0.15) is 4.31 Å². The van der Waals surface area contributed by atoms with Crippen LogP contribution in [-0.2, 0) is 10.0 Å². The lowest BCUT2D eigenvalue weighted by Crippen LogP contribution is -2.30. The summed E-state index contributed by atoms with van der Waals surface area (Å²) in [6.45, 7) is 0.443. The molecule has 0 amide bonds. The van der Waals surface area contributed by atoms with Gasteiger partial charge in [0.1, 0.15) is 17.2 Å². The van der Waals surface area contributed by atoms with Crippen LogP contribution in [0.3, 0.4) is 0 Å². The molecule has 26 heavy (non-hydrogen) atoms. The Kier molecular flexibility index (Phi) is 5.64. The van der Waals surface area contributed by atoms with Gasteiger partial charge in [0.2, 0.25) is 10.0 Å². The van der Waals surface area contributed by atoms with Crippen LogP contribution in [-0.4, -0.2) is 46.4 Å². The molecule has 1 fully saturated rings. The predicted molar refractivity (Wildman–Crippen MR) is 102 cm³/mol. The zero-order valence-corrected chi connectivity index (χ0v) is 16.5. The van der Waals surface area contributed by atoms with Gasteiger partial charge in [-0.3, -0.25) is 0 Å². The molecule has 1 aliphatic rings. The van der Waals surface area contributed by atoms with Crippen LogP contribution < -0.4 is 14.2 Å².